The highest BCUT2D eigenvalue weighted by molar-refractivity contribution is 14.1. The maximum atomic E-state index is 12.9. The van der Waals surface area contributed by atoms with Crippen LogP contribution in [0.5, 0.6) is 11.5 Å². The Hall–Kier alpha value is -3.48. The summed E-state index contributed by atoms with van der Waals surface area (Å²) >= 11 is 2.03. The lowest BCUT2D eigenvalue weighted by Gasteiger charge is -2.26. The topological polar surface area (TPSA) is 128 Å². The second-order valence-corrected chi connectivity index (χ2v) is 7.13. The highest BCUT2D eigenvalue weighted by atomic mass is 127. The first kappa shape index (κ1) is 21.2. The van der Waals surface area contributed by atoms with Gasteiger partial charge in [-0.25, -0.2) is 9.69 Å². The SMILES string of the molecule is COc1cc(/C=C2\C(=O)NC(=O)N(c3ccc([N+](=O)[O-])cc3)C2=O)cc(I)c1OC. The molecule has 1 N–H and O–H groups in total. The predicted molar refractivity (Wildman–Crippen MR) is 114 cm³/mol. The largest absolute Gasteiger partial charge is 0.493 e. The molecule has 1 aliphatic heterocycles. The van der Waals surface area contributed by atoms with Crippen LogP contribution in [0.3, 0.4) is 0 Å². The minimum Gasteiger partial charge on any atom is -0.493 e. The van der Waals surface area contributed by atoms with Crippen LogP contribution < -0.4 is 19.7 Å². The fraction of sp³-hybridized carbons (Fsp3) is 0.105. The van der Waals surface area contributed by atoms with Crippen molar-refractivity contribution in [3.63, 3.8) is 0 Å². The molecule has 30 heavy (non-hydrogen) atoms. The van der Waals surface area contributed by atoms with Gasteiger partial charge in [0.25, 0.3) is 17.5 Å². The lowest BCUT2D eigenvalue weighted by Crippen LogP contribution is -2.54. The van der Waals surface area contributed by atoms with Gasteiger partial charge in [-0.1, -0.05) is 0 Å². The summed E-state index contributed by atoms with van der Waals surface area (Å²) in [6.45, 7) is 0. The van der Waals surface area contributed by atoms with Crippen molar-refractivity contribution in [1.29, 1.82) is 0 Å². The van der Waals surface area contributed by atoms with Gasteiger partial charge in [0, 0.05) is 12.1 Å². The van der Waals surface area contributed by atoms with Crippen LogP contribution in [-0.2, 0) is 9.59 Å². The molecule has 0 radical (unpaired) electrons. The van der Waals surface area contributed by atoms with Crippen molar-refractivity contribution < 1.29 is 28.8 Å². The van der Waals surface area contributed by atoms with Crippen LogP contribution in [0.2, 0.25) is 0 Å². The van der Waals surface area contributed by atoms with Crippen LogP contribution in [0.4, 0.5) is 16.2 Å². The molecule has 10 nitrogen and oxygen atoms in total. The summed E-state index contributed by atoms with van der Waals surface area (Å²) in [5, 5.41) is 12.9. The Kier molecular flexibility index (Phi) is 6.01. The molecule has 0 spiro atoms. The van der Waals surface area contributed by atoms with Crippen LogP contribution in [-0.4, -0.2) is 37.0 Å². The molecule has 0 aliphatic carbocycles. The number of urea groups is 1. The molecule has 0 saturated carbocycles. The molecular weight excluding hydrogens is 509 g/mol. The number of rotatable bonds is 5. The van der Waals surface area contributed by atoms with Gasteiger partial charge < -0.3 is 9.47 Å². The number of barbiturate groups is 1. The second kappa shape index (κ2) is 8.49. The molecule has 2 aromatic carbocycles. The van der Waals surface area contributed by atoms with Crippen LogP contribution in [0.25, 0.3) is 6.08 Å². The van der Waals surface area contributed by atoms with E-state index in [9.17, 15) is 24.5 Å². The first-order chi connectivity index (χ1) is 14.3. The quantitative estimate of drug-likeness (QED) is 0.210. The Morgan fingerprint density at radius 3 is 2.33 bits per heavy atom. The minimum atomic E-state index is -0.946. The number of nitro benzene ring substituents is 1. The summed E-state index contributed by atoms with van der Waals surface area (Å²) < 4.78 is 11.2. The Labute approximate surface area is 183 Å². The van der Waals surface area contributed by atoms with E-state index in [0.29, 0.717) is 20.6 Å². The van der Waals surface area contributed by atoms with Crippen LogP contribution in [0, 0.1) is 13.7 Å². The molecule has 4 amide bonds. The van der Waals surface area contributed by atoms with Crippen molar-refractivity contribution in [3.8, 4) is 11.5 Å². The van der Waals surface area contributed by atoms with Gasteiger partial charge in [0.15, 0.2) is 11.5 Å². The minimum absolute atomic E-state index is 0.0865. The smallest absolute Gasteiger partial charge is 0.335 e. The van der Waals surface area contributed by atoms with E-state index in [2.05, 4.69) is 5.32 Å². The summed E-state index contributed by atoms with van der Waals surface area (Å²) in [4.78, 5) is 48.4. The Balaban J connectivity index is 2.02. The van der Waals surface area contributed by atoms with E-state index >= 15 is 0 Å². The van der Waals surface area contributed by atoms with Crippen molar-refractivity contribution in [2.24, 2.45) is 0 Å². The fourth-order valence-electron chi connectivity index (χ4n) is 2.80. The molecule has 1 fully saturated rings. The van der Waals surface area contributed by atoms with E-state index in [-0.39, 0.29) is 16.9 Å². The molecule has 2 aromatic rings. The average Bonchev–Trinajstić information content (AvgIpc) is 2.70. The number of carbonyl (C=O) groups is 3. The maximum absolute atomic E-state index is 12.9. The highest BCUT2D eigenvalue weighted by Gasteiger charge is 2.37. The van der Waals surface area contributed by atoms with Crippen LogP contribution >= 0.6 is 22.6 Å². The van der Waals surface area contributed by atoms with Crippen LogP contribution in [0.15, 0.2) is 42.0 Å². The second-order valence-electron chi connectivity index (χ2n) is 5.97. The molecule has 0 aromatic heterocycles. The Bertz CT molecular complexity index is 1100. The number of carbonyl (C=O) groups excluding carboxylic acids is 3. The van der Waals surface area contributed by atoms with Crippen molar-refractivity contribution in [2.45, 2.75) is 0 Å². The number of hydrogen-bond donors (Lipinski definition) is 1. The summed E-state index contributed by atoms with van der Waals surface area (Å²) in [6.07, 6.45) is 1.33. The molecular formula is C19H14IN3O7. The van der Waals surface area contributed by atoms with E-state index < -0.39 is 22.8 Å². The molecule has 0 bridgehead atoms. The zero-order valence-corrected chi connectivity index (χ0v) is 17.8. The van der Waals surface area contributed by atoms with Crippen molar-refractivity contribution in [2.75, 3.05) is 19.1 Å². The normalized spacial score (nSPS) is 15.2. The van der Waals surface area contributed by atoms with E-state index in [0.717, 1.165) is 17.0 Å². The molecule has 0 atom stereocenters. The molecule has 1 aliphatic rings. The van der Waals surface area contributed by atoms with Crippen molar-refractivity contribution in [3.05, 3.63) is 61.2 Å². The number of halogens is 1. The lowest BCUT2D eigenvalue weighted by molar-refractivity contribution is -0.384. The lowest BCUT2D eigenvalue weighted by atomic mass is 10.1. The zero-order chi connectivity index (χ0) is 22.0. The summed E-state index contributed by atoms with van der Waals surface area (Å²) in [6, 6.07) is 7.14. The summed E-state index contributed by atoms with van der Waals surface area (Å²) in [7, 11) is 2.95. The number of non-ortho nitro benzene ring substituents is 1. The van der Waals surface area contributed by atoms with Gasteiger partial charge in [0.05, 0.1) is 28.4 Å². The molecule has 11 heteroatoms. The highest BCUT2D eigenvalue weighted by Crippen LogP contribution is 2.34. The number of amides is 4. The first-order valence-corrected chi connectivity index (χ1v) is 9.42. The number of nitrogens with one attached hydrogen (secondary N) is 1. The third-order valence-corrected chi connectivity index (χ3v) is 4.99. The number of methoxy groups -OCH3 is 2. The number of nitrogens with zero attached hydrogens (tertiary/aromatic N) is 2. The molecule has 1 heterocycles. The third-order valence-electron chi connectivity index (χ3n) is 4.19. The van der Waals surface area contributed by atoms with Gasteiger partial charge in [-0.2, -0.15) is 0 Å². The maximum Gasteiger partial charge on any atom is 0.335 e. The third kappa shape index (κ3) is 3.96. The van der Waals surface area contributed by atoms with E-state index in [4.69, 9.17) is 9.47 Å². The van der Waals surface area contributed by atoms with Gasteiger partial charge in [-0.15, -0.1) is 0 Å². The standard InChI is InChI=1S/C19H14IN3O7/c1-29-15-9-10(8-14(20)16(15)30-2)7-13-17(24)21-19(26)22(18(13)25)11-3-5-12(6-4-11)23(27)28/h3-9H,1-2H3,(H,21,24,26)/b13-7+. The summed E-state index contributed by atoms with van der Waals surface area (Å²) in [5.74, 6) is -0.805. The van der Waals surface area contributed by atoms with Gasteiger partial charge in [0.2, 0.25) is 0 Å². The van der Waals surface area contributed by atoms with E-state index in [1.54, 1.807) is 12.1 Å². The van der Waals surface area contributed by atoms with E-state index in [1.807, 2.05) is 22.6 Å². The fourth-order valence-corrected chi connectivity index (χ4v) is 3.65. The molecule has 0 unspecified atom stereocenters. The Morgan fingerprint density at radius 1 is 1.10 bits per heavy atom. The first-order valence-electron chi connectivity index (χ1n) is 8.34. The number of nitro groups is 1. The molecule has 3 rings (SSSR count). The number of imide groups is 2. The van der Waals surface area contributed by atoms with Gasteiger partial charge in [-0.3, -0.25) is 25.0 Å². The number of benzene rings is 2. The molecule has 154 valence electrons. The van der Waals surface area contributed by atoms with Gasteiger partial charge in [-0.05, 0) is 58.5 Å². The monoisotopic (exact) mass is 523 g/mol. The molecule has 1 saturated heterocycles. The van der Waals surface area contributed by atoms with Crippen molar-refractivity contribution in [1.82, 2.24) is 5.32 Å². The summed E-state index contributed by atoms with van der Waals surface area (Å²) in [5.41, 5.74) is 0.0864. The number of ether oxygens (including phenoxy) is 2. The Morgan fingerprint density at radius 2 is 1.77 bits per heavy atom. The number of anilines is 1. The average molecular weight is 523 g/mol. The predicted octanol–water partition coefficient (Wildman–Crippen LogP) is 2.88. The number of hydrogen-bond acceptors (Lipinski definition) is 7. The van der Waals surface area contributed by atoms with Gasteiger partial charge in [0.1, 0.15) is 5.57 Å². The van der Waals surface area contributed by atoms with E-state index in [1.165, 1.54) is 32.4 Å². The van der Waals surface area contributed by atoms with Crippen LogP contribution in [0.1, 0.15) is 5.56 Å². The zero-order valence-electron chi connectivity index (χ0n) is 15.7. The van der Waals surface area contributed by atoms with Gasteiger partial charge >= 0.3 is 6.03 Å². The van der Waals surface area contributed by atoms with Crippen molar-refractivity contribution >= 4 is 57.9 Å².